The van der Waals surface area contributed by atoms with Crippen LogP contribution in [0.3, 0.4) is 0 Å². The molecule has 3 saturated carbocycles. The van der Waals surface area contributed by atoms with Crippen molar-refractivity contribution in [2.45, 2.75) is 155 Å². The van der Waals surface area contributed by atoms with Crippen molar-refractivity contribution < 1.29 is 29.0 Å². The number of anilines is 1. The summed E-state index contributed by atoms with van der Waals surface area (Å²) in [6, 6.07) is 23.7. The molecule has 5 N–H and O–H groups in total. The number of carbonyl (C=O) groups excluding carboxylic acids is 4. The van der Waals surface area contributed by atoms with Gasteiger partial charge in [0.05, 0.1) is 12.7 Å². The Balaban J connectivity index is 0.839. The molecule has 0 radical (unpaired) electrons. The molecule has 0 spiro atoms. The second-order valence-electron chi connectivity index (χ2n) is 21.5. The minimum atomic E-state index is -0.988. The van der Waals surface area contributed by atoms with Gasteiger partial charge in [-0.2, -0.15) is 0 Å². The Kier molecular flexibility index (Phi) is 18.5. The number of hydrogen-bond donors (Lipinski definition) is 5. The standard InChI is InChI=1S/C58H80N4O6/c1-39(2)13-11-14-40(3)50-27-28-51-49-25-21-44-37-46(24-26-47(44)48(49)31-32-58(50,51)4)68-34-12-33-59-54(64)29-30-55(65)61-52(35-41-15-7-5-8-16-41)57(67)62-53(36-42-17-9-6-10-18-42)56(66)60-45-22-19-43(38-63)20-23-45/h5-10,15-23,39-40,46-53,63H,11-14,24-38H2,1-4H3,(H,59,64)(H,60,66)(H,61,65)(H,62,67)/t40?,46-,47?,48?,49?,50?,51?,52?,53-,58+/m0/s1. The summed E-state index contributed by atoms with van der Waals surface area (Å²) in [5.41, 5.74) is 5.09. The van der Waals surface area contributed by atoms with Gasteiger partial charge in [0.2, 0.25) is 23.6 Å². The third-order valence-corrected chi connectivity index (χ3v) is 16.4. The summed E-state index contributed by atoms with van der Waals surface area (Å²) in [5, 5.41) is 21.0. The Morgan fingerprint density at radius 3 is 2.07 bits per heavy atom. The van der Waals surface area contributed by atoms with E-state index in [1.54, 1.807) is 29.8 Å². The van der Waals surface area contributed by atoms with E-state index >= 15 is 0 Å². The molecule has 3 aromatic carbocycles. The molecular weight excluding hydrogens is 849 g/mol. The summed E-state index contributed by atoms with van der Waals surface area (Å²) in [6.07, 6.45) is 18.3. The van der Waals surface area contributed by atoms with Gasteiger partial charge in [-0.05, 0) is 133 Å². The summed E-state index contributed by atoms with van der Waals surface area (Å²) in [6.45, 7) is 10.9. The number of aliphatic hydroxyl groups is 1. The van der Waals surface area contributed by atoms with E-state index < -0.39 is 29.8 Å². The van der Waals surface area contributed by atoms with Crippen molar-refractivity contribution in [3.05, 3.63) is 113 Å². The van der Waals surface area contributed by atoms with Crippen molar-refractivity contribution >= 4 is 29.3 Å². The summed E-state index contributed by atoms with van der Waals surface area (Å²) >= 11 is 0. The highest BCUT2D eigenvalue weighted by atomic mass is 16.5. The van der Waals surface area contributed by atoms with Crippen molar-refractivity contribution in [1.82, 2.24) is 16.0 Å². The van der Waals surface area contributed by atoms with Gasteiger partial charge < -0.3 is 31.1 Å². The molecular formula is C58H80N4O6. The van der Waals surface area contributed by atoms with Crippen LogP contribution >= 0.6 is 0 Å². The van der Waals surface area contributed by atoms with Gasteiger partial charge in [-0.15, -0.1) is 0 Å². The SMILES string of the molecule is CC(C)CCCC(C)C1CCC2C3CC=C4C[C@@H](OCCCNC(=O)CCC(=O)NC(Cc5ccccc5)C(=O)N[C@@H](Cc5ccccc5)C(=O)Nc5ccc(CO)cc5)CCC4C3CC[C@]12C. The normalized spacial score (nSPS) is 25.4. The Hall–Kier alpha value is -4.80. The molecule has 4 aliphatic carbocycles. The third kappa shape index (κ3) is 13.7. The topological polar surface area (TPSA) is 146 Å². The number of fused-ring (bicyclic) bond motifs is 5. The van der Waals surface area contributed by atoms with Gasteiger partial charge in [-0.1, -0.05) is 131 Å². The molecule has 3 fully saturated rings. The molecule has 7 unspecified atom stereocenters. The molecule has 0 heterocycles. The van der Waals surface area contributed by atoms with E-state index in [0.717, 1.165) is 65.4 Å². The van der Waals surface area contributed by atoms with Crippen molar-refractivity contribution in [2.75, 3.05) is 18.5 Å². The number of aliphatic hydroxyl groups excluding tert-OH is 1. The van der Waals surface area contributed by atoms with E-state index in [-0.39, 0.29) is 44.3 Å². The van der Waals surface area contributed by atoms with Crippen LogP contribution in [0.4, 0.5) is 5.69 Å². The first-order valence-corrected chi connectivity index (χ1v) is 26.2. The molecule has 0 aromatic heterocycles. The quantitative estimate of drug-likeness (QED) is 0.0473. The number of rotatable bonds is 23. The predicted molar refractivity (Wildman–Crippen MR) is 270 cm³/mol. The van der Waals surface area contributed by atoms with Crippen LogP contribution in [-0.4, -0.2) is 60.1 Å². The molecule has 4 aliphatic rings. The maximum Gasteiger partial charge on any atom is 0.247 e. The first kappa shape index (κ1) is 51.1. The highest BCUT2D eigenvalue weighted by Gasteiger charge is 2.56. The zero-order valence-corrected chi connectivity index (χ0v) is 41.4. The lowest BCUT2D eigenvalue weighted by molar-refractivity contribution is -0.131. The molecule has 3 aromatic rings. The first-order valence-electron chi connectivity index (χ1n) is 26.2. The highest BCUT2D eigenvalue weighted by molar-refractivity contribution is 5.98. The number of nitrogens with one attached hydrogen (secondary N) is 4. The molecule has 4 amide bonds. The predicted octanol–water partition coefficient (Wildman–Crippen LogP) is 9.90. The maximum atomic E-state index is 14.0. The Morgan fingerprint density at radius 2 is 1.40 bits per heavy atom. The molecule has 68 heavy (non-hydrogen) atoms. The lowest BCUT2D eigenvalue weighted by Gasteiger charge is -2.54. The van der Waals surface area contributed by atoms with Crippen LogP contribution in [-0.2, 0) is 43.4 Å². The summed E-state index contributed by atoms with van der Waals surface area (Å²) < 4.78 is 6.42. The van der Waals surface area contributed by atoms with Gasteiger partial charge in [0, 0.05) is 44.5 Å². The fraction of sp³-hybridized carbons (Fsp3) is 0.586. The van der Waals surface area contributed by atoms with Crippen LogP contribution in [0.1, 0.15) is 134 Å². The van der Waals surface area contributed by atoms with Crippen LogP contribution in [0.5, 0.6) is 0 Å². The number of ether oxygens (including phenoxy) is 1. The van der Waals surface area contributed by atoms with Gasteiger partial charge in [0.1, 0.15) is 12.1 Å². The van der Waals surface area contributed by atoms with E-state index in [1.807, 2.05) is 60.7 Å². The van der Waals surface area contributed by atoms with Gasteiger partial charge in [-0.25, -0.2) is 0 Å². The van der Waals surface area contributed by atoms with E-state index in [0.29, 0.717) is 36.2 Å². The van der Waals surface area contributed by atoms with Crippen LogP contribution in [0, 0.1) is 46.8 Å². The molecule has 10 nitrogen and oxygen atoms in total. The largest absolute Gasteiger partial charge is 0.392 e. The molecule has 10 heteroatoms. The van der Waals surface area contributed by atoms with Crippen LogP contribution in [0.25, 0.3) is 0 Å². The zero-order chi connectivity index (χ0) is 48.0. The first-order chi connectivity index (χ1) is 32.9. The summed E-state index contributed by atoms with van der Waals surface area (Å²) in [5.74, 6) is 4.26. The Labute approximate surface area is 406 Å². The minimum Gasteiger partial charge on any atom is -0.392 e. The Morgan fingerprint density at radius 1 is 0.721 bits per heavy atom. The molecule has 10 atom stereocenters. The van der Waals surface area contributed by atoms with Crippen LogP contribution < -0.4 is 21.3 Å². The number of carbonyl (C=O) groups is 4. The van der Waals surface area contributed by atoms with E-state index in [2.05, 4.69) is 55.0 Å². The van der Waals surface area contributed by atoms with Crippen molar-refractivity contribution in [3.8, 4) is 0 Å². The zero-order valence-electron chi connectivity index (χ0n) is 41.4. The number of hydrogen-bond acceptors (Lipinski definition) is 6. The van der Waals surface area contributed by atoms with E-state index in [9.17, 15) is 24.3 Å². The number of allylic oxidation sites excluding steroid dienone is 1. The van der Waals surface area contributed by atoms with Gasteiger partial charge >= 0.3 is 0 Å². The minimum absolute atomic E-state index is 0.0151. The average Bonchev–Trinajstić information content (AvgIpc) is 3.70. The van der Waals surface area contributed by atoms with E-state index in [4.69, 9.17) is 4.74 Å². The monoisotopic (exact) mass is 929 g/mol. The molecule has 368 valence electrons. The smallest absolute Gasteiger partial charge is 0.247 e. The van der Waals surface area contributed by atoms with Crippen molar-refractivity contribution in [2.24, 2.45) is 46.8 Å². The van der Waals surface area contributed by atoms with Crippen molar-refractivity contribution in [3.63, 3.8) is 0 Å². The van der Waals surface area contributed by atoms with Crippen molar-refractivity contribution in [1.29, 1.82) is 0 Å². The van der Waals surface area contributed by atoms with Gasteiger partial charge in [0.25, 0.3) is 0 Å². The van der Waals surface area contributed by atoms with E-state index in [1.165, 1.54) is 57.8 Å². The summed E-state index contributed by atoms with van der Waals surface area (Å²) in [7, 11) is 0. The Bertz CT molecular complexity index is 2130. The summed E-state index contributed by atoms with van der Waals surface area (Å²) in [4.78, 5) is 53.9. The molecule has 0 aliphatic heterocycles. The molecule has 0 bridgehead atoms. The average molecular weight is 929 g/mol. The van der Waals surface area contributed by atoms with Crippen LogP contribution in [0.15, 0.2) is 96.6 Å². The van der Waals surface area contributed by atoms with Gasteiger partial charge in [0.15, 0.2) is 0 Å². The third-order valence-electron chi connectivity index (χ3n) is 16.4. The molecule has 0 saturated heterocycles. The molecule has 7 rings (SSSR count). The second-order valence-corrected chi connectivity index (χ2v) is 21.5. The number of benzene rings is 3. The highest BCUT2D eigenvalue weighted by Crippen LogP contribution is 2.65. The second kappa shape index (κ2) is 24.7. The fourth-order valence-corrected chi connectivity index (χ4v) is 12.8. The fourth-order valence-electron chi connectivity index (χ4n) is 12.8. The lowest BCUT2D eigenvalue weighted by Crippen LogP contribution is -2.54. The van der Waals surface area contributed by atoms with Gasteiger partial charge in [-0.3, -0.25) is 19.2 Å². The maximum absolute atomic E-state index is 14.0. The van der Waals surface area contributed by atoms with Crippen LogP contribution in [0.2, 0.25) is 0 Å². The number of amides is 4. The lowest BCUT2D eigenvalue weighted by atomic mass is 9.51.